The fraction of sp³-hybridized carbons (Fsp3) is 0.429. The van der Waals surface area contributed by atoms with E-state index in [1.807, 2.05) is 6.08 Å². The molecule has 0 fully saturated rings. The molecule has 0 saturated carbocycles. The van der Waals surface area contributed by atoms with Gasteiger partial charge in [-0.15, -0.1) is 0 Å². The van der Waals surface area contributed by atoms with Crippen LogP contribution in [0.1, 0.15) is 17.5 Å². The summed E-state index contributed by atoms with van der Waals surface area (Å²) >= 11 is 0. The maximum absolute atomic E-state index is 5.51. The number of rotatable bonds is 9. The highest BCUT2D eigenvalue weighted by Crippen LogP contribution is 2.08. The first kappa shape index (κ1) is 15.1. The number of aryl methyl sites for hydroxylation is 1. The zero-order valence-corrected chi connectivity index (χ0v) is 12.0. The van der Waals surface area contributed by atoms with E-state index in [1.165, 1.54) is 5.56 Å². The van der Waals surface area contributed by atoms with Gasteiger partial charge in [-0.25, -0.2) is 0 Å². The standard InChI is InChI=1S/C14H20O3Si/c1-4-12-7-5-8-13(11-12)9-6-10-17-18-14(15-2)16-3/h4-5,7-8,11,14H,1,6,9-10H2,2-3H3. The summed E-state index contributed by atoms with van der Waals surface area (Å²) in [6, 6.07) is 8.39. The van der Waals surface area contributed by atoms with Crippen LogP contribution in [0.4, 0.5) is 0 Å². The van der Waals surface area contributed by atoms with E-state index >= 15 is 0 Å². The van der Waals surface area contributed by atoms with Gasteiger partial charge in [-0.05, 0) is 24.0 Å². The van der Waals surface area contributed by atoms with Gasteiger partial charge in [0.05, 0.1) is 0 Å². The first-order valence-corrected chi connectivity index (χ1v) is 6.93. The third-order valence-corrected chi connectivity index (χ3v) is 3.54. The molecule has 0 aliphatic heterocycles. The molecule has 0 bridgehead atoms. The van der Waals surface area contributed by atoms with Crippen molar-refractivity contribution >= 4 is 15.8 Å². The number of methoxy groups -OCH3 is 2. The van der Waals surface area contributed by atoms with E-state index in [9.17, 15) is 0 Å². The molecule has 3 nitrogen and oxygen atoms in total. The van der Waals surface area contributed by atoms with Crippen LogP contribution >= 0.6 is 0 Å². The molecule has 0 heterocycles. The Balaban J connectivity index is 2.19. The van der Waals surface area contributed by atoms with Crippen LogP contribution in [0.3, 0.4) is 0 Å². The zero-order chi connectivity index (χ0) is 13.2. The molecule has 0 N–H and O–H groups in total. The van der Waals surface area contributed by atoms with Crippen molar-refractivity contribution in [2.75, 3.05) is 20.8 Å². The molecule has 0 saturated heterocycles. The van der Waals surface area contributed by atoms with Crippen LogP contribution < -0.4 is 0 Å². The normalized spacial score (nSPS) is 10.8. The fourth-order valence-corrected chi connectivity index (χ4v) is 2.13. The fourth-order valence-electron chi connectivity index (χ4n) is 1.54. The van der Waals surface area contributed by atoms with Crippen LogP contribution in [0.15, 0.2) is 30.8 Å². The Bertz CT molecular complexity index is 351. The molecule has 98 valence electrons. The lowest BCUT2D eigenvalue weighted by Crippen LogP contribution is -2.24. The van der Waals surface area contributed by atoms with Gasteiger partial charge in [0, 0.05) is 20.8 Å². The first-order valence-electron chi connectivity index (χ1n) is 5.94. The van der Waals surface area contributed by atoms with Crippen LogP contribution in [0.5, 0.6) is 0 Å². The van der Waals surface area contributed by atoms with Gasteiger partial charge in [-0.1, -0.05) is 36.9 Å². The van der Waals surface area contributed by atoms with Crippen molar-refractivity contribution in [3.05, 3.63) is 42.0 Å². The predicted octanol–water partition coefficient (Wildman–Crippen LogP) is 2.47. The second-order valence-electron chi connectivity index (χ2n) is 3.82. The van der Waals surface area contributed by atoms with Gasteiger partial charge in [-0.2, -0.15) is 0 Å². The van der Waals surface area contributed by atoms with Gasteiger partial charge in [0.1, 0.15) is 0 Å². The third kappa shape index (κ3) is 5.60. The lowest BCUT2D eigenvalue weighted by Gasteiger charge is -2.11. The molecule has 0 spiro atoms. The molecular weight excluding hydrogens is 244 g/mol. The molecule has 2 radical (unpaired) electrons. The Morgan fingerprint density at radius 2 is 2.11 bits per heavy atom. The Labute approximate surface area is 112 Å². The lowest BCUT2D eigenvalue weighted by molar-refractivity contribution is -0.0527. The zero-order valence-electron chi connectivity index (χ0n) is 11.0. The average Bonchev–Trinajstić information content (AvgIpc) is 2.43. The van der Waals surface area contributed by atoms with E-state index in [2.05, 4.69) is 30.8 Å². The van der Waals surface area contributed by atoms with Gasteiger partial charge in [0.25, 0.3) is 9.76 Å². The summed E-state index contributed by atoms with van der Waals surface area (Å²) in [6.07, 6.45) is 3.87. The summed E-state index contributed by atoms with van der Waals surface area (Å²) < 4.78 is 15.6. The molecule has 18 heavy (non-hydrogen) atoms. The molecule has 0 aromatic heterocycles. The van der Waals surface area contributed by atoms with Gasteiger partial charge in [0.2, 0.25) is 0 Å². The second-order valence-corrected chi connectivity index (χ2v) is 4.82. The van der Waals surface area contributed by atoms with Crippen LogP contribution in [-0.4, -0.2) is 36.5 Å². The highest BCUT2D eigenvalue weighted by atomic mass is 28.2. The Morgan fingerprint density at radius 1 is 1.33 bits per heavy atom. The van der Waals surface area contributed by atoms with Gasteiger partial charge >= 0.3 is 0 Å². The monoisotopic (exact) mass is 264 g/mol. The Hall–Kier alpha value is -0.943. The summed E-state index contributed by atoms with van der Waals surface area (Å²) in [5, 5.41) is 0. The molecule has 0 aliphatic rings. The summed E-state index contributed by atoms with van der Waals surface area (Å²) in [5.41, 5.74) is 2.48. The predicted molar refractivity (Wildman–Crippen MR) is 74.4 cm³/mol. The SMILES string of the molecule is C=Cc1cccc(CCCO[Si]C(OC)OC)c1. The van der Waals surface area contributed by atoms with Gasteiger partial charge in [-0.3, -0.25) is 0 Å². The second kappa shape index (κ2) is 9.05. The van der Waals surface area contributed by atoms with Crippen molar-refractivity contribution in [1.82, 2.24) is 0 Å². The third-order valence-electron chi connectivity index (χ3n) is 2.51. The van der Waals surface area contributed by atoms with Crippen LogP contribution in [0.25, 0.3) is 6.08 Å². The molecule has 4 heteroatoms. The van der Waals surface area contributed by atoms with Crippen molar-refractivity contribution in [3.8, 4) is 0 Å². The van der Waals surface area contributed by atoms with E-state index in [0.29, 0.717) is 0 Å². The number of hydrogen-bond donors (Lipinski definition) is 0. The summed E-state index contributed by atoms with van der Waals surface area (Å²) in [6.45, 7) is 4.49. The van der Waals surface area contributed by atoms with E-state index < -0.39 is 0 Å². The topological polar surface area (TPSA) is 27.7 Å². The minimum Gasteiger partial charge on any atom is -0.412 e. The summed E-state index contributed by atoms with van der Waals surface area (Å²) in [7, 11) is 3.46. The summed E-state index contributed by atoms with van der Waals surface area (Å²) in [4.78, 5) is 0. The molecule has 1 rings (SSSR count). The molecular formula is C14H20O3Si. The largest absolute Gasteiger partial charge is 0.412 e. The molecule has 0 amide bonds. The van der Waals surface area contributed by atoms with Crippen molar-refractivity contribution in [3.63, 3.8) is 0 Å². The van der Waals surface area contributed by atoms with E-state index in [1.54, 1.807) is 14.2 Å². The maximum atomic E-state index is 5.51. The minimum absolute atomic E-state index is 0.228. The van der Waals surface area contributed by atoms with Crippen LogP contribution in [0.2, 0.25) is 0 Å². The molecule has 1 aromatic rings. The van der Waals surface area contributed by atoms with Crippen molar-refractivity contribution in [1.29, 1.82) is 0 Å². The van der Waals surface area contributed by atoms with E-state index in [4.69, 9.17) is 13.9 Å². The molecule has 0 atom stereocenters. The molecule has 0 unspecified atom stereocenters. The smallest absolute Gasteiger partial charge is 0.299 e. The average molecular weight is 264 g/mol. The highest BCUT2D eigenvalue weighted by Gasteiger charge is 2.07. The van der Waals surface area contributed by atoms with Crippen molar-refractivity contribution < 1.29 is 13.9 Å². The number of hydrogen-bond acceptors (Lipinski definition) is 3. The quantitative estimate of drug-likeness (QED) is 0.389. The van der Waals surface area contributed by atoms with Crippen molar-refractivity contribution in [2.45, 2.75) is 18.8 Å². The van der Waals surface area contributed by atoms with Crippen LogP contribution in [0, 0.1) is 0 Å². The van der Waals surface area contributed by atoms with Crippen LogP contribution in [-0.2, 0) is 20.3 Å². The van der Waals surface area contributed by atoms with Gasteiger partial charge in [0.15, 0.2) is 5.91 Å². The van der Waals surface area contributed by atoms with Crippen molar-refractivity contribution in [2.24, 2.45) is 0 Å². The number of benzene rings is 1. The van der Waals surface area contributed by atoms with E-state index in [-0.39, 0.29) is 15.7 Å². The molecule has 0 aliphatic carbocycles. The van der Waals surface area contributed by atoms with Gasteiger partial charge < -0.3 is 13.9 Å². The van der Waals surface area contributed by atoms with E-state index in [0.717, 1.165) is 25.0 Å². The summed E-state index contributed by atoms with van der Waals surface area (Å²) in [5.74, 6) is -0.242. The minimum atomic E-state index is -0.242. The number of ether oxygens (including phenoxy) is 2. The molecule has 1 aromatic carbocycles. The maximum Gasteiger partial charge on any atom is 0.299 e. The lowest BCUT2D eigenvalue weighted by atomic mass is 10.1. The Morgan fingerprint density at radius 3 is 2.78 bits per heavy atom. The first-order chi connectivity index (χ1) is 8.80. The highest BCUT2D eigenvalue weighted by molar-refractivity contribution is 6.28. The Kier molecular flexibility index (Phi) is 7.60.